The van der Waals surface area contributed by atoms with E-state index in [1.165, 1.54) is 12.2 Å². The maximum atomic E-state index is 12.1. The predicted molar refractivity (Wildman–Crippen MR) is 99.9 cm³/mol. The molecule has 2 N–H and O–H groups in total. The van der Waals surface area contributed by atoms with Gasteiger partial charge >= 0.3 is 0 Å². The Morgan fingerprint density at radius 1 is 1.00 bits per heavy atom. The molecule has 0 aromatic carbocycles. The van der Waals surface area contributed by atoms with Crippen LogP contribution < -0.4 is 10.6 Å². The van der Waals surface area contributed by atoms with E-state index < -0.39 is 0 Å². The first-order valence-electron chi connectivity index (χ1n) is 8.54. The molecule has 2 aromatic rings. The highest BCUT2D eigenvalue weighted by molar-refractivity contribution is 5.92. The van der Waals surface area contributed by atoms with E-state index in [9.17, 15) is 9.59 Å². The monoisotopic (exact) mass is 356 g/mol. The summed E-state index contributed by atoms with van der Waals surface area (Å²) in [4.78, 5) is 24.0. The first-order chi connectivity index (χ1) is 12.5. The highest BCUT2D eigenvalue weighted by Crippen LogP contribution is 2.06. The van der Waals surface area contributed by atoms with Crippen molar-refractivity contribution in [2.45, 2.75) is 26.3 Å². The lowest BCUT2D eigenvalue weighted by Gasteiger charge is -2.20. The van der Waals surface area contributed by atoms with E-state index in [4.69, 9.17) is 8.83 Å². The first kappa shape index (κ1) is 19.3. The van der Waals surface area contributed by atoms with E-state index in [2.05, 4.69) is 24.5 Å². The van der Waals surface area contributed by atoms with Gasteiger partial charge in [0, 0.05) is 24.7 Å². The fraction of sp³-hybridized carbons (Fsp3) is 0.300. The van der Waals surface area contributed by atoms with Crippen LogP contribution in [-0.2, 0) is 9.59 Å². The van der Waals surface area contributed by atoms with E-state index in [-0.39, 0.29) is 17.9 Å². The number of rotatable bonds is 9. The molecule has 0 spiro atoms. The zero-order valence-electron chi connectivity index (χ0n) is 15.0. The molecule has 0 saturated carbocycles. The lowest BCUT2D eigenvalue weighted by atomic mass is 10.0. The molecule has 138 valence electrons. The van der Waals surface area contributed by atoms with Gasteiger partial charge in [-0.05, 0) is 48.8 Å². The summed E-state index contributed by atoms with van der Waals surface area (Å²) < 4.78 is 10.3. The Bertz CT molecular complexity index is 728. The molecule has 6 heteroatoms. The summed E-state index contributed by atoms with van der Waals surface area (Å²) in [6, 6.07) is 6.87. The molecule has 0 aliphatic heterocycles. The van der Waals surface area contributed by atoms with E-state index in [1.807, 2.05) is 0 Å². The smallest absolute Gasteiger partial charge is 0.244 e. The number of amides is 2. The minimum atomic E-state index is -0.240. The van der Waals surface area contributed by atoms with Gasteiger partial charge in [-0.2, -0.15) is 0 Å². The number of hydrogen-bond donors (Lipinski definition) is 2. The van der Waals surface area contributed by atoms with Crippen LogP contribution in [0.3, 0.4) is 0 Å². The van der Waals surface area contributed by atoms with Crippen molar-refractivity contribution >= 4 is 24.0 Å². The Hall–Kier alpha value is -3.02. The van der Waals surface area contributed by atoms with Gasteiger partial charge in [0.25, 0.3) is 0 Å². The van der Waals surface area contributed by atoms with Gasteiger partial charge < -0.3 is 19.5 Å². The summed E-state index contributed by atoms with van der Waals surface area (Å²) in [5, 5.41) is 5.71. The van der Waals surface area contributed by atoms with Gasteiger partial charge in [-0.3, -0.25) is 9.59 Å². The molecular formula is C20H24N2O4. The topological polar surface area (TPSA) is 84.5 Å². The molecule has 1 atom stereocenters. The molecule has 0 aliphatic rings. The normalized spacial score (nSPS) is 12.7. The first-order valence-corrected chi connectivity index (χ1v) is 8.54. The van der Waals surface area contributed by atoms with Crippen molar-refractivity contribution in [2.24, 2.45) is 5.92 Å². The second-order valence-corrected chi connectivity index (χ2v) is 6.28. The quantitative estimate of drug-likeness (QED) is 0.676. The van der Waals surface area contributed by atoms with Gasteiger partial charge in [0.2, 0.25) is 11.8 Å². The van der Waals surface area contributed by atoms with Crippen LogP contribution in [0.15, 0.2) is 57.8 Å². The van der Waals surface area contributed by atoms with Crippen LogP contribution in [-0.4, -0.2) is 24.4 Å². The molecule has 2 heterocycles. The Balaban J connectivity index is 1.83. The zero-order chi connectivity index (χ0) is 18.8. The van der Waals surface area contributed by atoms with E-state index in [0.29, 0.717) is 24.0 Å². The van der Waals surface area contributed by atoms with Crippen molar-refractivity contribution in [1.29, 1.82) is 0 Å². The Labute approximate surface area is 153 Å². The Morgan fingerprint density at radius 3 is 2.08 bits per heavy atom. The summed E-state index contributed by atoms with van der Waals surface area (Å²) >= 11 is 0. The fourth-order valence-corrected chi connectivity index (χ4v) is 2.38. The molecule has 2 aromatic heterocycles. The Morgan fingerprint density at radius 2 is 1.58 bits per heavy atom. The van der Waals surface area contributed by atoms with Crippen molar-refractivity contribution < 1.29 is 18.4 Å². The molecule has 2 rings (SSSR count). The number of carbonyl (C=O) groups excluding carboxylic acids is 2. The van der Waals surface area contributed by atoms with E-state index in [1.54, 1.807) is 48.9 Å². The second kappa shape index (κ2) is 10.1. The van der Waals surface area contributed by atoms with Crippen molar-refractivity contribution in [3.63, 3.8) is 0 Å². The molecule has 0 fully saturated rings. The highest BCUT2D eigenvalue weighted by atomic mass is 16.3. The molecule has 1 unspecified atom stereocenters. The number of hydrogen-bond acceptors (Lipinski definition) is 4. The maximum absolute atomic E-state index is 12.1. The molecule has 6 nitrogen and oxygen atoms in total. The number of nitrogens with one attached hydrogen (secondary N) is 2. The van der Waals surface area contributed by atoms with Gasteiger partial charge in [0.1, 0.15) is 11.5 Å². The minimum absolute atomic E-state index is 0.162. The highest BCUT2D eigenvalue weighted by Gasteiger charge is 2.13. The molecule has 26 heavy (non-hydrogen) atoms. The molecule has 0 saturated heterocycles. The van der Waals surface area contributed by atoms with E-state index >= 15 is 0 Å². The molecule has 0 radical (unpaired) electrons. The van der Waals surface area contributed by atoms with Crippen molar-refractivity contribution in [2.75, 3.05) is 6.54 Å². The third-order valence-electron chi connectivity index (χ3n) is 3.51. The second-order valence-electron chi connectivity index (χ2n) is 6.28. The number of carbonyl (C=O) groups is 2. The third-order valence-corrected chi connectivity index (χ3v) is 3.51. The summed E-state index contributed by atoms with van der Waals surface area (Å²) in [7, 11) is 0. The van der Waals surface area contributed by atoms with Gasteiger partial charge in [0.15, 0.2) is 0 Å². The molecule has 0 bridgehead atoms. The average molecular weight is 356 g/mol. The van der Waals surface area contributed by atoms with Crippen molar-refractivity contribution in [3.05, 3.63) is 60.5 Å². The van der Waals surface area contributed by atoms with Gasteiger partial charge in [-0.25, -0.2) is 0 Å². The summed E-state index contributed by atoms with van der Waals surface area (Å²) in [5.41, 5.74) is 0. The fourth-order valence-electron chi connectivity index (χ4n) is 2.38. The van der Waals surface area contributed by atoms with Crippen LogP contribution in [0, 0.1) is 5.92 Å². The predicted octanol–water partition coefficient (Wildman–Crippen LogP) is 3.25. The standard InChI is InChI=1S/C20H24N2O4/c1-15(2)13-16(22-20(24)10-8-18-6-4-12-26-18)14-21-19(23)9-7-17-5-3-11-25-17/h3-12,15-16H,13-14H2,1-2H3,(H,21,23)(H,22,24). The van der Waals surface area contributed by atoms with Gasteiger partial charge in [-0.1, -0.05) is 13.8 Å². The van der Waals surface area contributed by atoms with Crippen molar-refractivity contribution in [3.8, 4) is 0 Å². The summed E-state index contributed by atoms with van der Waals surface area (Å²) in [5.74, 6) is 1.13. The summed E-state index contributed by atoms with van der Waals surface area (Å²) in [6.07, 6.45) is 9.87. The van der Waals surface area contributed by atoms with Crippen LogP contribution in [0.1, 0.15) is 31.8 Å². The molecule has 2 amide bonds. The van der Waals surface area contributed by atoms with Gasteiger partial charge in [0.05, 0.1) is 12.5 Å². The SMILES string of the molecule is CC(C)CC(CNC(=O)C=Cc1ccco1)NC(=O)C=Cc1ccco1. The third kappa shape index (κ3) is 7.25. The molecule has 0 aliphatic carbocycles. The largest absolute Gasteiger partial charge is 0.465 e. The van der Waals surface area contributed by atoms with Crippen molar-refractivity contribution in [1.82, 2.24) is 10.6 Å². The lowest BCUT2D eigenvalue weighted by Crippen LogP contribution is -2.43. The lowest BCUT2D eigenvalue weighted by molar-refractivity contribution is -0.119. The molecular weight excluding hydrogens is 332 g/mol. The number of furan rings is 2. The van der Waals surface area contributed by atoms with Crippen LogP contribution in [0.4, 0.5) is 0 Å². The average Bonchev–Trinajstić information content (AvgIpc) is 3.29. The Kier molecular flexibility index (Phi) is 7.49. The van der Waals surface area contributed by atoms with E-state index in [0.717, 1.165) is 6.42 Å². The summed E-state index contributed by atoms with van der Waals surface area (Å²) in [6.45, 7) is 4.48. The minimum Gasteiger partial charge on any atom is -0.465 e. The van der Waals surface area contributed by atoms with Gasteiger partial charge in [-0.15, -0.1) is 0 Å². The van der Waals surface area contributed by atoms with Crippen LogP contribution >= 0.6 is 0 Å². The van der Waals surface area contributed by atoms with Crippen LogP contribution in [0.2, 0.25) is 0 Å². The van der Waals surface area contributed by atoms with Crippen LogP contribution in [0.25, 0.3) is 12.2 Å². The van der Waals surface area contributed by atoms with Crippen LogP contribution in [0.5, 0.6) is 0 Å². The maximum Gasteiger partial charge on any atom is 0.244 e. The zero-order valence-corrected chi connectivity index (χ0v) is 15.0.